The van der Waals surface area contributed by atoms with Crippen molar-refractivity contribution in [2.24, 2.45) is 0 Å². The first kappa shape index (κ1) is 10.7. The molecule has 0 saturated carbocycles. The predicted octanol–water partition coefficient (Wildman–Crippen LogP) is 2.60. The summed E-state index contributed by atoms with van der Waals surface area (Å²) in [4.78, 5) is 2.44. The fourth-order valence-corrected chi connectivity index (χ4v) is 3.37. The van der Waals surface area contributed by atoms with Crippen LogP contribution in [0.4, 0.5) is 11.4 Å². The largest absolute Gasteiger partial charge is 0.397 e. The molecule has 0 amide bonds. The van der Waals surface area contributed by atoms with Crippen molar-refractivity contribution in [3.05, 3.63) is 24.3 Å². The van der Waals surface area contributed by atoms with Crippen molar-refractivity contribution >= 4 is 23.1 Å². The highest BCUT2D eigenvalue weighted by Gasteiger charge is 2.22. The average molecular weight is 222 g/mol. The van der Waals surface area contributed by atoms with Crippen molar-refractivity contribution in [2.75, 3.05) is 28.7 Å². The van der Waals surface area contributed by atoms with Gasteiger partial charge in [0.2, 0.25) is 0 Å². The third kappa shape index (κ3) is 2.23. The van der Waals surface area contributed by atoms with Crippen LogP contribution in [0.2, 0.25) is 0 Å². The number of anilines is 2. The van der Waals surface area contributed by atoms with Crippen LogP contribution in [0.3, 0.4) is 0 Å². The summed E-state index contributed by atoms with van der Waals surface area (Å²) in [5.41, 5.74) is 8.12. The molecule has 82 valence electrons. The maximum atomic E-state index is 6.02. The van der Waals surface area contributed by atoms with E-state index in [1.54, 1.807) is 0 Å². The van der Waals surface area contributed by atoms with E-state index in [0.717, 1.165) is 12.2 Å². The number of hydrogen-bond donors (Lipinski definition) is 1. The van der Waals surface area contributed by atoms with Gasteiger partial charge in [-0.3, -0.25) is 0 Å². The van der Waals surface area contributed by atoms with Gasteiger partial charge in [-0.1, -0.05) is 12.1 Å². The SMILES string of the molecule is CCN(c1ccccc1N)C1CCSC1. The summed E-state index contributed by atoms with van der Waals surface area (Å²) in [5.74, 6) is 2.52. The monoisotopic (exact) mass is 222 g/mol. The van der Waals surface area contributed by atoms with E-state index in [2.05, 4.69) is 24.0 Å². The molecule has 1 saturated heterocycles. The molecule has 1 aliphatic rings. The van der Waals surface area contributed by atoms with Gasteiger partial charge in [-0.05, 0) is 31.2 Å². The van der Waals surface area contributed by atoms with Gasteiger partial charge in [0.05, 0.1) is 11.4 Å². The second-order valence-electron chi connectivity index (χ2n) is 3.86. The smallest absolute Gasteiger partial charge is 0.0602 e. The Morgan fingerprint density at radius 1 is 1.47 bits per heavy atom. The molecule has 0 radical (unpaired) electrons. The second kappa shape index (κ2) is 4.79. The van der Waals surface area contributed by atoms with Gasteiger partial charge in [-0.25, -0.2) is 0 Å². The van der Waals surface area contributed by atoms with E-state index in [0.29, 0.717) is 6.04 Å². The third-order valence-corrected chi connectivity index (χ3v) is 4.08. The van der Waals surface area contributed by atoms with Crippen LogP contribution < -0.4 is 10.6 Å². The van der Waals surface area contributed by atoms with E-state index in [-0.39, 0.29) is 0 Å². The Hall–Kier alpha value is -0.830. The van der Waals surface area contributed by atoms with Gasteiger partial charge in [-0.15, -0.1) is 0 Å². The molecule has 1 fully saturated rings. The van der Waals surface area contributed by atoms with Gasteiger partial charge in [0, 0.05) is 18.3 Å². The molecule has 2 nitrogen and oxygen atoms in total. The Morgan fingerprint density at radius 3 is 2.87 bits per heavy atom. The van der Waals surface area contributed by atoms with Gasteiger partial charge < -0.3 is 10.6 Å². The zero-order valence-corrected chi connectivity index (χ0v) is 9.96. The molecule has 1 unspecified atom stereocenters. The lowest BCUT2D eigenvalue weighted by Gasteiger charge is -2.30. The highest BCUT2D eigenvalue weighted by molar-refractivity contribution is 7.99. The van der Waals surface area contributed by atoms with Crippen LogP contribution in [0, 0.1) is 0 Å². The highest BCUT2D eigenvalue weighted by atomic mass is 32.2. The van der Waals surface area contributed by atoms with Crippen molar-refractivity contribution < 1.29 is 0 Å². The lowest BCUT2D eigenvalue weighted by Crippen LogP contribution is -2.35. The van der Waals surface area contributed by atoms with Crippen molar-refractivity contribution in [3.63, 3.8) is 0 Å². The minimum atomic E-state index is 0.671. The Kier molecular flexibility index (Phi) is 3.41. The topological polar surface area (TPSA) is 29.3 Å². The molecule has 2 N–H and O–H groups in total. The first-order chi connectivity index (χ1) is 7.33. The Balaban J connectivity index is 2.22. The minimum Gasteiger partial charge on any atom is -0.397 e. The summed E-state index contributed by atoms with van der Waals surface area (Å²) in [7, 11) is 0. The number of nitrogens with two attached hydrogens (primary N) is 1. The van der Waals surface area contributed by atoms with E-state index in [1.165, 1.54) is 23.6 Å². The van der Waals surface area contributed by atoms with Gasteiger partial charge in [-0.2, -0.15) is 11.8 Å². The molecule has 1 atom stereocenters. The standard InChI is InChI=1S/C12H18N2S/c1-2-14(10-7-8-15-9-10)12-6-4-3-5-11(12)13/h3-6,10H,2,7-9,13H2,1H3. The maximum Gasteiger partial charge on any atom is 0.0602 e. The molecule has 1 aliphatic heterocycles. The molecule has 0 bridgehead atoms. The summed E-state index contributed by atoms with van der Waals surface area (Å²) in [6.07, 6.45) is 1.28. The number of para-hydroxylation sites is 2. The van der Waals surface area contributed by atoms with Crippen LogP contribution in [0.15, 0.2) is 24.3 Å². The predicted molar refractivity (Wildman–Crippen MR) is 69.6 cm³/mol. The molecule has 1 aromatic carbocycles. The number of benzene rings is 1. The first-order valence-electron chi connectivity index (χ1n) is 5.52. The molecule has 1 heterocycles. The van der Waals surface area contributed by atoms with E-state index in [1.807, 2.05) is 23.9 Å². The Morgan fingerprint density at radius 2 is 2.27 bits per heavy atom. The van der Waals surface area contributed by atoms with E-state index < -0.39 is 0 Å². The van der Waals surface area contributed by atoms with E-state index in [9.17, 15) is 0 Å². The number of nitrogen functional groups attached to an aromatic ring is 1. The quantitative estimate of drug-likeness (QED) is 0.797. The first-order valence-corrected chi connectivity index (χ1v) is 6.67. The number of hydrogen-bond acceptors (Lipinski definition) is 3. The Bertz CT molecular complexity index is 321. The van der Waals surface area contributed by atoms with Crippen LogP contribution >= 0.6 is 11.8 Å². The summed E-state index contributed by atoms with van der Waals surface area (Å²) in [6, 6.07) is 8.85. The average Bonchev–Trinajstić information content (AvgIpc) is 2.75. The minimum absolute atomic E-state index is 0.671. The van der Waals surface area contributed by atoms with Crippen LogP contribution in [-0.2, 0) is 0 Å². The van der Waals surface area contributed by atoms with Gasteiger partial charge in [0.25, 0.3) is 0 Å². The van der Waals surface area contributed by atoms with Gasteiger partial charge in [0.1, 0.15) is 0 Å². The molecule has 0 aromatic heterocycles. The molecule has 0 spiro atoms. The summed E-state index contributed by atoms with van der Waals surface area (Å²) in [6.45, 7) is 3.24. The molecule has 15 heavy (non-hydrogen) atoms. The fraction of sp³-hybridized carbons (Fsp3) is 0.500. The van der Waals surface area contributed by atoms with Crippen molar-refractivity contribution in [3.8, 4) is 0 Å². The van der Waals surface area contributed by atoms with E-state index >= 15 is 0 Å². The molecular formula is C12H18N2S. The lowest BCUT2D eigenvalue weighted by molar-refractivity contribution is 0.661. The maximum absolute atomic E-state index is 6.02. The summed E-state index contributed by atoms with van der Waals surface area (Å²) < 4.78 is 0. The van der Waals surface area contributed by atoms with Crippen LogP contribution in [0.25, 0.3) is 0 Å². The Labute approximate surface area is 95.8 Å². The van der Waals surface area contributed by atoms with Gasteiger partial charge in [0.15, 0.2) is 0 Å². The number of nitrogens with zero attached hydrogens (tertiary/aromatic N) is 1. The van der Waals surface area contributed by atoms with Crippen LogP contribution in [-0.4, -0.2) is 24.1 Å². The van der Waals surface area contributed by atoms with Crippen molar-refractivity contribution in [1.82, 2.24) is 0 Å². The van der Waals surface area contributed by atoms with Gasteiger partial charge >= 0.3 is 0 Å². The number of thioether (sulfide) groups is 1. The van der Waals surface area contributed by atoms with Crippen LogP contribution in [0.1, 0.15) is 13.3 Å². The van der Waals surface area contributed by atoms with E-state index in [4.69, 9.17) is 5.73 Å². The molecule has 1 aromatic rings. The fourth-order valence-electron chi connectivity index (χ4n) is 2.14. The summed E-state index contributed by atoms with van der Waals surface area (Å²) >= 11 is 2.04. The molecule has 3 heteroatoms. The third-order valence-electron chi connectivity index (χ3n) is 2.93. The van der Waals surface area contributed by atoms with Crippen LogP contribution in [0.5, 0.6) is 0 Å². The van der Waals surface area contributed by atoms with Crippen molar-refractivity contribution in [1.29, 1.82) is 0 Å². The zero-order chi connectivity index (χ0) is 10.7. The molecule has 0 aliphatic carbocycles. The van der Waals surface area contributed by atoms with Crippen molar-refractivity contribution in [2.45, 2.75) is 19.4 Å². The zero-order valence-electron chi connectivity index (χ0n) is 9.15. The summed E-state index contributed by atoms with van der Waals surface area (Å²) in [5, 5.41) is 0. The molecular weight excluding hydrogens is 204 g/mol. The second-order valence-corrected chi connectivity index (χ2v) is 5.01. The molecule has 2 rings (SSSR count). The normalized spacial score (nSPS) is 20.5. The number of rotatable bonds is 3. The highest BCUT2D eigenvalue weighted by Crippen LogP contribution is 2.30. The lowest BCUT2D eigenvalue weighted by atomic mass is 10.1.